The van der Waals surface area contributed by atoms with Crippen LogP contribution in [-0.2, 0) is 0 Å². The van der Waals surface area contributed by atoms with E-state index in [0.29, 0.717) is 5.69 Å². The molecule has 0 spiro atoms. The summed E-state index contributed by atoms with van der Waals surface area (Å²) in [5.41, 5.74) is -0.130. The Morgan fingerprint density at radius 2 is 2.33 bits per heavy atom. The standard InChI is InChI=1S/C12H13N5O/c1-12(2)10(14-3)17(11(18)16(12)8-13)9-5-4-6-15-7-9/h4-7,10H,3H2,1-2H3. The van der Waals surface area contributed by atoms with Crippen molar-refractivity contribution in [3.8, 4) is 6.19 Å². The van der Waals surface area contributed by atoms with Crippen LogP contribution in [0.1, 0.15) is 13.8 Å². The van der Waals surface area contributed by atoms with Gasteiger partial charge in [-0.2, -0.15) is 5.26 Å². The summed E-state index contributed by atoms with van der Waals surface area (Å²) in [6.07, 6.45) is 4.56. The number of carbonyl (C=O) groups excluding carboxylic acids is 1. The highest BCUT2D eigenvalue weighted by atomic mass is 16.2. The summed E-state index contributed by atoms with van der Waals surface area (Å²) in [6, 6.07) is 3.07. The zero-order valence-electron chi connectivity index (χ0n) is 10.2. The monoisotopic (exact) mass is 243 g/mol. The number of carbonyl (C=O) groups is 1. The van der Waals surface area contributed by atoms with E-state index in [1.165, 1.54) is 4.90 Å². The number of hydrogen-bond acceptors (Lipinski definition) is 4. The minimum atomic E-state index is -0.733. The van der Waals surface area contributed by atoms with Gasteiger partial charge in [0.15, 0.2) is 12.4 Å². The number of rotatable bonds is 2. The van der Waals surface area contributed by atoms with Crippen LogP contribution in [0.2, 0.25) is 0 Å². The van der Waals surface area contributed by atoms with Crippen molar-refractivity contribution in [1.29, 1.82) is 5.26 Å². The molecule has 0 radical (unpaired) electrons. The average molecular weight is 243 g/mol. The summed E-state index contributed by atoms with van der Waals surface area (Å²) in [5, 5.41) is 9.10. The van der Waals surface area contributed by atoms with Crippen LogP contribution in [0.3, 0.4) is 0 Å². The molecule has 1 aliphatic heterocycles. The molecule has 1 aliphatic rings. The molecule has 0 aromatic carbocycles. The van der Waals surface area contributed by atoms with Crippen LogP contribution in [0.25, 0.3) is 0 Å². The van der Waals surface area contributed by atoms with Gasteiger partial charge in [-0.25, -0.2) is 9.69 Å². The lowest BCUT2D eigenvalue weighted by Gasteiger charge is -2.28. The fourth-order valence-corrected chi connectivity index (χ4v) is 2.11. The minimum Gasteiger partial charge on any atom is -0.273 e. The van der Waals surface area contributed by atoms with E-state index in [2.05, 4.69) is 16.7 Å². The highest BCUT2D eigenvalue weighted by Crippen LogP contribution is 2.35. The van der Waals surface area contributed by atoms with Gasteiger partial charge in [0.05, 0.1) is 17.4 Å². The highest BCUT2D eigenvalue weighted by Gasteiger charge is 2.52. The summed E-state index contributed by atoms with van der Waals surface area (Å²) < 4.78 is 0. The number of nitriles is 1. The van der Waals surface area contributed by atoms with E-state index in [0.717, 1.165) is 4.90 Å². The summed E-state index contributed by atoms with van der Waals surface area (Å²) in [4.78, 5) is 22.7. The molecule has 2 amide bonds. The number of hydrogen-bond donors (Lipinski definition) is 0. The number of anilines is 1. The molecule has 0 N–H and O–H groups in total. The quantitative estimate of drug-likeness (QED) is 0.585. The molecular formula is C12H13N5O. The molecule has 1 aromatic rings. The first kappa shape index (κ1) is 12.0. The average Bonchev–Trinajstić information content (AvgIpc) is 2.55. The van der Waals surface area contributed by atoms with Crippen molar-refractivity contribution in [2.75, 3.05) is 4.90 Å². The predicted octanol–water partition coefficient (Wildman–Crippen LogP) is 1.61. The van der Waals surface area contributed by atoms with Gasteiger partial charge < -0.3 is 0 Å². The van der Waals surface area contributed by atoms with Gasteiger partial charge in [0, 0.05) is 6.20 Å². The van der Waals surface area contributed by atoms with E-state index < -0.39 is 17.7 Å². The van der Waals surface area contributed by atoms with Crippen LogP contribution in [0.15, 0.2) is 29.5 Å². The van der Waals surface area contributed by atoms with Crippen LogP contribution < -0.4 is 4.90 Å². The first-order chi connectivity index (χ1) is 8.54. The molecule has 1 unspecified atom stereocenters. The molecule has 1 fully saturated rings. The number of urea groups is 1. The Hall–Kier alpha value is -2.42. The van der Waals surface area contributed by atoms with Gasteiger partial charge in [-0.3, -0.25) is 14.9 Å². The summed E-state index contributed by atoms with van der Waals surface area (Å²) in [7, 11) is 0. The van der Waals surface area contributed by atoms with E-state index in [1.54, 1.807) is 38.4 Å². The topological polar surface area (TPSA) is 72.6 Å². The van der Waals surface area contributed by atoms with E-state index in [-0.39, 0.29) is 0 Å². The Balaban J connectivity index is 2.52. The van der Waals surface area contributed by atoms with Crippen LogP contribution in [0.4, 0.5) is 10.5 Å². The second-order valence-electron chi connectivity index (χ2n) is 4.51. The lowest BCUT2D eigenvalue weighted by atomic mass is 10.0. The first-order valence-corrected chi connectivity index (χ1v) is 5.43. The summed E-state index contributed by atoms with van der Waals surface area (Å²) in [6.45, 7) is 7.08. The maximum atomic E-state index is 12.2. The Morgan fingerprint density at radius 3 is 2.83 bits per heavy atom. The number of nitrogens with zero attached hydrogens (tertiary/aromatic N) is 5. The first-order valence-electron chi connectivity index (χ1n) is 5.43. The van der Waals surface area contributed by atoms with Crippen molar-refractivity contribution >= 4 is 18.4 Å². The Labute approximate surface area is 105 Å². The van der Waals surface area contributed by atoms with Crippen molar-refractivity contribution in [3.05, 3.63) is 24.5 Å². The molecule has 0 aliphatic carbocycles. The van der Waals surface area contributed by atoms with E-state index in [1.807, 2.05) is 6.19 Å². The van der Waals surface area contributed by atoms with Gasteiger partial charge in [-0.1, -0.05) is 0 Å². The highest BCUT2D eigenvalue weighted by molar-refractivity contribution is 5.97. The van der Waals surface area contributed by atoms with Gasteiger partial charge >= 0.3 is 6.03 Å². The third-order valence-corrected chi connectivity index (χ3v) is 3.05. The second kappa shape index (κ2) is 4.11. The largest absolute Gasteiger partial charge is 0.340 e. The predicted molar refractivity (Wildman–Crippen MR) is 67.0 cm³/mol. The third kappa shape index (κ3) is 1.52. The maximum absolute atomic E-state index is 12.2. The molecule has 2 heterocycles. The maximum Gasteiger partial charge on any atom is 0.340 e. The molecule has 1 saturated heterocycles. The van der Waals surface area contributed by atoms with Crippen molar-refractivity contribution in [3.63, 3.8) is 0 Å². The smallest absolute Gasteiger partial charge is 0.273 e. The van der Waals surface area contributed by atoms with Crippen LogP contribution >= 0.6 is 0 Å². The molecule has 2 rings (SSSR count). The third-order valence-electron chi connectivity index (χ3n) is 3.05. The molecule has 6 nitrogen and oxygen atoms in total. The zero-order chi connectivity index (χ0) is 13.3. The molecule has 0 bridgehead atoms. The lowest BCUT2D eigenvalue weighted by molar-refractivity contribution is 0.207. The molecule has 0 saturated carbocycles. The second-order valence-corrected chi connectivity index (χ2v) is 4.51. The van der Waals surface area contributed by atoms with Crippen molar-refractivity contribution < 1.29 is 4.79 Å². The van der Waals surface area contributed by atoms with Crippen molar-refractivity contribution in [2.24, 2.45) is 4.99 Å². The number of amides is 2. The van der Waals surface area contributed by atoms with Gasteiger partial charge in [0.1, 0.15) is 0 Å². The van der Waals surface area contributed by atoms with E-state index >= 15 is 0 Å². The lowest BCUT2D eigenvalue weighted by Crippen LogP contribution is -2.43. The van der Waals surface area contributed by atoms with Crippen LogP contribution in [0.5, 0.6) is 0 Å². The molecule has 92 valence electrons. The zero-order valence-corrected chi connectivity index (χ0v) is 10.2. The molecule has 1 atom stereocenters. The minimum absolute atomic E-state index is 0.409. The Morgan fingerprint density at radius 1 is 1.61 bits per heavy atom. The van der Waals surface area contributed by atoms with Gasteiger partial charge in [0.2, 0.25) is 0 Å². The molecular weight excluding hydrogens is 230 g/mol. The number of aliphatic imine (C=N–C) groups is 1. The van der Waals surface area contributed by atoms with Gasteiger partial charge in [-0.05, 0) is 32.7 Å². The van der Waals surface area contributed by atoms with Crippen molar-refractivity contribution in [2.45, 2.75) is 25.6 Å². The summed E-state index contributed by atoms with van der Waals surface area (Å²) in [5.74, 6) is 0. The van der Waals surface area contributed by atoms with E-state index in [4.69, 9.17) is 5.26 Å². The Kier molecular flexibility index (Phi) is 2.75. The van der Waals surface area contributed by atoms with Gasteiger partial charge in [0.25, 0.3) is 0 Å². The SMILES string of the molecule is C=NC1N(c2cccnc2)C(=O)N(C#N)C1(C)C. The molecule has 18 heavy (non-hydrogen) atoms. The van der Waals surface area contributed by atoms with E-state index in [9.17, 15) is 4.79 Å². The molecule has 6 heteroatoms. The number of aromatic nitrogens is 1. The normalized spacial score (nSPS) is 21.8. The number of pyridine rings is 1. The van der Waals surface area contributed by atoms with Crippen LogP contribution in [0, 0.1) is 11.5 Å². The van der Waals surface area contributed by atoms with Crippen molar-refractivity contribution in [1.82, 2.24) is 9.88 Å². The van der Waals surface area contributed by atoms with Crippen LogP contribution in [-0.4, -0.2) is 34.3 Å². The Bertz CT molecular complexity index is 519. The van der Waals surface area contributed by atoms with Gasteiger partial charge in [-0.15, -0.1) is 0 Å². The molecule has 1 aromatic heterocycles. The summed E-state index contributed by atoms with van der Waals surface area (Å²) >= 11 is 0. The fourth-order valence-electron chi connectivity index (χ4n) is 2.11. The fraction of sp³-hybridized carbons (Fsp3) is 0.333.